The van der Waals surface area contributed by atoms with Crippen LogP contribution in [-0.4, -0.2) is 58.3 Å². The Morgan fingerprint density at radius 3 is 1.25 bits per heavy atom. The van der Waals surface area contributed by atoms with Crippen molar-refractivity contribution in [2.45, 2.75) is 18.5 Å². The van der Waals surface area contributed by atoms with E-state index in [1.54, 1.807) is 0 Å². The minimum absolute atomic E-state index is 0.465. The van der Waals surface area contributed by atoms with E-state index < -0.39 is 58.3 Å². The fourth-order valence-electron chi connectivity index (χ4n) is 0.785. The van der Waals surface area contributed by atoms with Crippen LogP contribution in [0.5, 0.6) is 0 Å². The van der Waals surface area contributed by atoms with Crippen molar-refractivity contribution in [2.75, 3.05) is 39.8 Å². The van der Waals surface area contributed by atoms with E-state index in [9.17, 15) is 22.0 Å². The molecule has 0 fully saturated rings. The first kappa shape index (κ1) is 15.6. The van der Waals surface area contributed by atoms with Crippen LogP contribution in [-0.2, 0) is 9.47 Å². The van der Waals surface area contributed by atoms with E-state index in [1.165, 1.54) is 0 Å². The molecule has 0 saturated carbocycles. The summed E-state index contributed by atoms with van der Waals surface area (Å²) < 4.78 is 69.5. The van der Waals surface area contributed by atoms with Crippen molar-refractivity contribution in [3.05, 3.63) is 0 Å². The number of halogens is 5. The highest BCUT2D eigenvalue weighted by atomic mass is 19.2. The van der Waals surface area contributed by atoms with E-state index in [0.29, 0.717) is 0 Å². The van der Waals surface area contributed by atoms with Gasteiger partial charge in [-0.25, -0.2) is 22.0 Å². The SMILES string of the molecule is FCC(F)COCC(F)COCC(F)CF. The average Bonchev–Trinajstić information content (AvgIpc) is 2.28. The normalized spacial score (nSPS) is 17.1. The summed E-state index contributed by atoms with van der Waals surface area (Å²) >= 11 is 0. The summed E-state index contributed by atoms with van der Waals surface area (Å²) in [4.78, 5) is 0. The van der Waals surface area contributed by atoms with Crippen LogP contribution in [0.25, 0.3) is 0 Å². The zero-order chi connectivity index (χ0) is 12.4. The molecule has 0 aromatic rings. The molecule has 2 nitrogen and oxygen atoms in total. The van der Waals surface area contributed by atoms with Gasteiger partial charge < -0.3 is 9.47 Å². The molecule has 0 amide bonds. The molecule has 0 aliphatic heterocycles. The van der Waals surface area contributed by atoms with Gasteiger partial charge in [-0.3, -0.25) is 0 Å². The van der Waals surface area contributed by atoms with Gasteiger partial charge in [0, 0.05) is 0 Å². The summed E-state index contributed by atoms with van der Waals surface area (Å²) in [6, 6.07) is 0. The van der Waals surface area contributed by atoms with Crippen LogP contribution in [0.4, 0.5) is 22.0 Å². The second kappa shape index (κ2) is 9.77. The van der Waals surface area contributed by atoms with Crippen LogP contribution in [0.1, 0.15) is 0 Å². The Morgan fingerprint density at radius 1 is 0.625 bits per heavy atom. The quantitative estimate of drug-likeness (QED) is 0.552. The molecule has 16 heavy (non-hydrogen) atoms. The van der Waals surface area contributed by atoms with Gasteiger partial charge in [0.05, 0.1) is 26.4 Å². The van der Waals surface area contributed by atoms with Crippen LogP contribution >= 0.6 is 0 Å². The number of ether oxygens (including phenoxy) is 2. The summed E-state index contributed by atoms with van der Waals surface area (Å²) in [5.74, 6) is 0. The van der Waals surface area contributed by atoms with Gasteiger partial charge in [0.25, 0.3) is 0 Å². The lowest BCUT2D eigenvalue weighted by molar-refractivity contribution is -0.00926. The standard InChI is InChI=1S/C9H15F5O2/c10-1-7(12)3-15-5-9(14)6-16-4-8(13)2-11/h7-9H,1-6H2. The van der Waals surface area contributed by atoms with Crippen LogP contribution < -0.4 is 0 Å². The molecule has 0 N–H and O–H groups in total. The van der Waals surface area contributed by atoms with E-state index in [4.69, 9.17) is 0 Å². The lowest BCUT2D eigenvalue weighted by Gasteiger charge is -2.11. The Balaban J connectivity index is 3.34. The molecule has 0 aliphatic carbocycles. The van der Waals surface area contributed by atoms with Gasteiger partial charge in [-0.1, -0.05) is 0 Å². The van der Waals surface area contributed by atoms with Crippen molar-refractivity contribution in [3.63, 3.8) is 0 Å². The van der Waals surface area contributed by atoms with E-state index in [-0.39, 0.29) is 0 Å². The van der Waals surface area contributed by atoms with Crippen LogP contribution in [0.15, 0.2) is 0 Å². The predicted octanol–water partition coefficient (Wildman–Crippen LogP) is 1.97. The van der Waals surface area contributed by atoms with Gasteiger partial charge in [-0.2, -0.15) is 0 Å². The van der Waals surface area contributed by atoms with E-state index in [1.807, 2.05) is 0 Å². The average molecular weight is 250 g/mol. The maximum atomic E-state index is 12.8. The summed E-state index contributed by atoms with van der Waals surface area (Å²) in [6.45, 7) is -4.37. The lowest BCUT2D eigenvalue weighted by atomic mass is 10.4. The van der Waals surface area contributed by atoms with Crippen LogP contribution in [0.3, 0.4) is 0 Å². The summed E-state index contributed by atoms with van der Waals surface area (Å²) in [6.07, 6.45) is -5.11. The molecule has 0 spiro atoms. The summed E-state index contributed by atoms with van der Waals surface area (Å²) in [5, 5.41) is 0. The number of hydrogen-bond donors (Lipinski definition) is 0. The van der Waals surface area contributed by atoms with Crippen molar-refractivity contribution >= 4 is 0 Å². The Kier molecular flexibility index (Phi) is 9.51. The lowest BCUT2D eigenvalue weighted by Crippen LogP contribution is -2.23. The van der Waals surface area contributed by atoms with Crippen molar-refractivity contribution in [2.24, 2.45) is 0 Å². The summed E-state index contributed by atoms with van der Waals surface area (Å²) in [5.41, 5.74) is 0. The zero-order valence-corrected chi connectivity index (χ0v) is 8.68. The van der Waals surface area contributed by atoms with Crippen molar-refractivity contribution < 1.29 is 31.4 Å². The summed E-state index contributed by atoms with van der Waals surface area (Å²) in [7, 11) is 0. The van der Waals surface area contributed by atoms with E-state index in [2.05, 4.69) is 9.47 Å². The van der Waals surface area contributed by atoms with Crippen LogP contribution in [0.2, 0.25) is 0 Å². The third kappa shape index (κ3) is 8.84. The highest BCUT2D eigenvalue weighted by Gasteiger charge is 2.12. The van der Waals surface area contributed by atoms with E-state index >= 15 is 0 Å². The minimum Gasteiger partial charge on any atom is -0.375 e. The van der Waals surface area contributed by atoms with Gasteiger partial charge >= 0.3 is 0 Å². The maximum Gasteiger partial charge on any atom is 0.151 e. The molecular formula is C9H15F5O2. The first-order valence-corrected chi connectivity index (χ1v) is 4.79. The third-order valence-corrected chi connectivity index (χ3v) is 1.53. The molecule has 98 valence electrons. The highest BCUT2D eigenvalue weighted by molar-refractivity contribution is 4.57. The fourth-order valence-corrected chi connectivity index (χ4v) is 0.785. The molecule has 0 aromatic heterocycles. The van der Waals surface area contributed by atoms with E-state index in [0.717, 1.165) is 0 Å². The predicted molar refractivity (Wildman–Crippen MR) is 48.3 cm³/mol. The highest BCUT2D eigenvalue weighted by Crippen LogP contribution is 1.99. The first-order chi connectivity index (χ1) is 7.60. The van der Waals surface area contributed by atoms with Gasteiger partial charge in [0.1, 0.15) is 19.5 Å². The molecule has 2 atom stereocenters. The topological polar surface area (TPSA) is 18.5 Å². The molecular weight excluding hydrogens is 235 g/mol. The van der Waals surface area contributed by atoms with Crippen molar-refractivity contribution in [1.82, 2.24) is 0 Å². The van der Waals surface area contributed by atoms with Gasteiger partial charge in [-0.15, -0.1) is 0 Å². The molecule has 0 saturated heterocycles. The Labute approximate surface area is 90.7 Å². The molecule has 7 heteroatoms. The Hall–Kier alpha value is -0.430. The van der Waals surface area contributed by atoms with Crippen molar-refractivity contribution in [1.29, 1.82) is 0 Å². The maximum absolute atomic E-state index is 12.8. The Morgan fingerprint density at radius 2 is 0.938 bits per heavy atom. The third-order valence-electron chi connectivity index (χ3n) is 1.53. The molecule has 0 rings (SSSR count). The van der Waals surface area contributed by atoms with Crippen LogP contribution in [0, 0.1) is 0 Å². The second-order valence-corrected chi connectivity index (χ2v) is 3.18. The fraction of sp³-hybridized carbons (Fsp3) is 1.00. The second-order valence-electron chi connectivity index (χ2n) is 3.18. The van der Waals surface area contributed by atoms with Gasteiger partial charge in [0.15, 0.2) is 12.3 Å². The minimum atomic E-state index is -1.77. The number of hydrogen-bond acceptors (Lipinski definition) is 2. The molecule has 0 aliphatic rings. The molecule has 0 radical (unpaired) electrons. The molecule has 2 unspecified atom stereocenters. The smallest absolute Gasteiger partial charge is 0.151 e. The number of rotatable bonds is 10. The first-order valence-electron chi connectivity index (χ1n) is 4.79. The number of alkyl halides is 5. The Bertz CT molecular complexity index is 145. The molecule has 0 bridgehead atoms. The van der Waals surface area contributed by atoms with Gasteiger partial charge in [-0.05, 0) is 0 Å². The molecule has 0 aromatic carbocycles. The van der Waals surface area contributed by atoms with Crippen molar-refractivity contribution in [3.8, 4) is 0 Å². The molecule has 0 heterocycles. The zero-order valence-electron chi connectivity index (χ0n) is 8.68. The largest absolute Gasteiger partial charge is 0.375 e. The monoisotopic (exact) mass is 250 g/mol. The van der Waals surface area contributed by atoms with Gasteiger partial charge in [0.2, 0.25) is 0 Å².